The van der Waals surface area contributed by atoms with E-state index in [1.54, 1.807) is 46.4 Å². The van der Waals surface area contributed by atoms with Gasteiger partial charge in [0.15, 0.2) is 17.2 Å². The number of Topliss-reactive ketones (excluding diaryl/α,β-unsaturated/α-hetero) is 1. The Bertz CT molecular complexity index is 2050. The first-order valence-corrected chi connectivity index (χ1v) is 21.6. The van der Waals surface area contributed by atoms with Crippen molar-refractivity contribution in [3.8, 4) is 23.2 Å². The van der Waals surface area contributed by atoms with E-state index in [9.17, 15) is 29.4 Å². The van der Waals surface area contributed by atoms with E-state index in [4.69, 9.17) is 37.9 Å². The molecule has 3 aromatic rings. The summed E-state index contributed by atoms with van der Waals surface area (Å²) in [6.45, 7) is 11.1. The fraction of sp³-hybridized carbons (Fsp3) is 0.587. The largest absolute Gasteiger partial charge is 0.462 e. The molecule has 4 N–H and O–H groups in total. The lowest BCUT2D eigenvalue weighted by atomic mass is 9.86. The van der Waals surface area contributed by atoms with Crippen LogP contribution in [0, 0.1) is 29.6 Å². The number of nitrogens with two attached hydrogens (primary N) is 1. The first kappa shape index (κ1) is 51.2. The Hall–Kier alpha value is -5.43. The topological polar surface area (TPSA) is 253 Å². The van der Waals surface area contributed by atoms with Gasteiger partial charge < -0.3 is 53.0 Å². The summed E-state index contributed by atoms with van der Waals surface area (Å²) in [7, 11) is 4.67. The van der Waals surface area contributed by atoms with Crippen LogP contribution in [0.25, 0.3) is 29.2 Å². The van der Waals surface area contributed by atoms with Crippen molar-refractivity contribution in [2.45, 2.75) is 123 Å². The molecule has 0 aliphatic carbocycles. The number of ketones is 1. The zero-order valence-corrected chi connectivity index (χ0v) is 38.2. The van der Waals surface area contributed by atoms with Gasteiger partial charge in [0.1, 0.15) is 42.8 Å². The number of aliphatic hydroxyl groups excluding tert-OH is 2. The van der Waals surface area contributed by atoms with E-state index >= 15 is 0 Å². The summed E-state index contributed by atoms with van der Waals surface area (Å²) in [5.41, 5.74) is 7.08. The molecule has 1 aliphatic heterocycles. The predicted molar refractivity (Wildman–Crippen MR) is 233 cm³/mol. The highest BCUT2D eigenvalue weighted by molar-refractivity contribution is 5.94. The number of methoxy groups -OCH3 is 2. The molecule has 3 aromatic heterocycles. The van der Waals surface area contributed by atoms with E-state index in [-0.39, 0.29) is 79.7 Å². The van der Waals surface area contributed by atoms with E-state index in [0.717, 1.165) is 0 Å². The molecule has 4 rings (SSSR count). The van der Waals surface area contributed by atoms with Gasteiger partial charge in [0.05, 0.1) is 24.7 Å². The second-order valence-corrected chi connectivity index (χ2v) is 17.0. The van der Waals surface area contributed by atoms with Crippen LogP contribution in [0.2, 0.25) is 0 Å². The lowest BCUT2D eigenvalue weighted by Crippen LogP contribution is -2.39. The van der Waals surface area contributed by atoms with E-state index < -0.39 is 60.5 Å². The molecule has 11 atom stereocenters. The van der Waals surface area contributed by atoms with E-state index in [2.05, 4.69) is 15.0 Å². The number of rotatable bonds is 14. The highest BCUT2D eigenvalue weighted by Gasteiger charge is 2.35. The molecule has 64 heavy (non-hydrogen) atoms. The molecule has 0 unspecified atom stereocenters. The Morgan fingerprint density at radius 3 is 2.36 bits per heavy atom. The summed E-state index contributed by atoms with van der Waals surface area (Å²) in [4.78, 5) is 64.8. The molecule has 0 saturated heterocycles. The number of primary amides is 1. The van der Waals surface area contributed by atoms with E-state index in [0.29, 0.717) is 35.5 Å². The summed E-state index contributed by atoms with van der Waals surface area (Å²) in [5, 5.41) is 22.9. The normalized spacial score (nSPS) is 25.7. The highest BCUT2D eigenvalue weighted by Crippen LogP contribution is 2.34. The van der Waals surface area contributed by atoms with Crippen molar-refractivity contribution >= 4 is 30.3 Å². The van der Waals surface area contributed by atoms with Crippen LogP contribution in [-0.4, -0.2) is 106 Å². The smallest absolute Gasteiger partial charge is 0.404 e. The number of allylic oxidation sites excluding steroid dienone is 3. The average molecular weight is 896 g/mol. The molecule has 18 nitrogen and oxygen atoms in total. The maximum atomic E-state index is 13.8. The molecule has 18 heteroatoms. The summed E-state index contributed by atoms with van der Waals surface area (Å²) >= 11 is 0. The number of amides is 2. The van der Waals surface area contributed by atoms with Gasteiger partial charge in [-0.2, -0.15) is 0 Å². The van der Waals surface area contributed by atoms with Crippen molar-refractivity contribution in [3.63, 3.8) is 0 Å². The van der Waals surface area contributed by atoms with Gasteiger partial charge in [-0.15, -0.1) is 0 Å². The Labute approximate surface area is 374 Å². The van der Waals surface area contributed by atoms with Gasteiger partial charge >= 0.3 is 12.1 Å². The number of hydrogen-bond donors (Lipinski definition) is 3. The molecule has 0 fully saturated rings. The first-order valence-electron chi connectivity index (χ1n) is 21.6. The quantitative estimate of drug-likeness (QED) is 0.0850. The van der Waals surface area contributed by atoms with Crippen LogP contribution in [0.4, 0.5) is 4.79 Å². The Kier molecular flexibility index (Phi) is 19.7. The van der Waals surface area contributed by atoms with Crippen molar-refractivity contribution < 1.29 is 61.6 Å². The standard InChI is InChI=1S/C46H65N5O13/c1-26(15-16-51(7)25-52)17-29(4)36(53)14-13-28(3)39(58-8)21-40-30(5)37(54)11-10-12-41-48-34(23-60-41)44-50-35(24-62-44)45-49-33(22-61-45)43(59-9)31(6)38(55)19-27(2)18-32(63-46(47)57)20-42(56)64-40/h10,12,15-17,22-28,30-32,37-40,43,54-55H,11,13-14,18-21H2,1-9H3,(H2,47,57)/b12-10?,16-15+,29-17+/t26-,27+,28+,30-,31+,32+,37+,38+,39+,40+,43-/m1/s1. The van der Waals surface area contributed by atoms with Gasteiger partial charge in [-0.1, -0.05) is 52.8 Å². The number of hydrogen-bond acceptors (Lipinski definition) is 16. The number of fused-ring (bicyclic) bond motifs is 8. The summed E-state index contributed by atoms with van der Waals surface area (Å²) in [6.07, 6.45) is 8.50. The second-order valence-electron chi connectivity index (χ2n) is 17.0. The van der Waals surface area contributed by atoms with Crippen molar-refractivity contribution in [1.82, 2.24) is 19.9 Å². The van der Waals surface area contributed by atoms with Crippen LogP contribution in [0.5, 0.6) is 0 Å². The molecule has 352 valence electrons. The minimum atomic E-state index is -1.07. The van der Waals surface area contributed by atoms with Crippen LogP contribution in [0.3, 0.4) is 0 Å². The monoisotopic (exact) mass is 895 g/mol. The minimum Gasteiger partial charge on any atom is -0.462 e. The van der Waals surface area contributed by atoms with Crippen LogP contribution >= 0.6 is 0 Å². The third-order valence-electron chi connectivity index (χ3n) is 11.7. The van der Waals surface area contributed by atoms with Gasteiger partial charge in [-0.25, -0.2) is 19.7 Å². The Morgan fingerprint density at radius 1 is 0.984 bits per heavy atom. The number of cyclic esters (lactones) is 1. The van der Waals surface area contributed by atoms with Crippen molar-refractivity contribution in [1.29, 1.82) is 0 Å². The molecule has 0 radical (unpaired) electrons. The number of carbonyl (C=O) groups is 4. The summed E-state index contributed by atoms with van der Waals surface area (Å²) in [6, 6.07) is 0. The lowest BCUT2D eigenvalue weighted by molar-refractivity contribution is -0.159. The van der Waals surface area contributed by atoms with E-state index in [1.807, 2.05) is 39.8 Å². The maximum absolute atomic E-state index is 13.8. The van der Waals surface area contributed by atoms with Crippen molar-refractivity contribution in [3.05, 3.63) is 60.4 Å². The SMILES string of the molecule is CO[C@@H](C[C@@H]1OC(=O)C[C@@H](OC(N)=O)C[C@H](C)C[C@H](O)[C@H](C)[C@@H](OC)c2coc(n2)-c2coc(n2)-c2coc(n2)C=CC[C@H](O)[C@H]1C)[C@@H](C)CCC(=O)/C(C)=C/[C@H](C)/C=C/N(C)C=O. The van der Waals surface area contributed by atoms with Crippen LogP contribution < -0.4 is 5.73 Å². The molecular formula is C46H65N5O13. The highest BCUT2D eigenvalue weighted by atomic mass is 16.6. The third kappa shape index (κ3) is 15.1. The van der Waals surface area contributed by atoms with Gasteiger partial charge in [-0.05, 0) is 62.0 Å². The number of aliphatic hydroxyl groups is 2. The zero-order valence-electron chi connectivity index (χ0n) is 38.2. The minimum absolute atomic E-state index is 0.0324. The number of carbonyl (C=O) groups excluding carboxylic acids is 4. The zero-order chi connectivity index (χ0) is 47.1. The van der Waals surface area contributed by atoms with Crippen LogP contribution in [-0.2, 0) is 33.3 Å². The van der Waals surface area contributed by atoms with Crippen LogP contribution in [0.15, 0.2) is 62.0 Å². The van der Waals surface area contributed by atoms with Crippen LogP contribution in [0.1, 0.15) is 104 Å². The van der Waals surface area contributed by atoms with Gasteiger partial charge in [-0.3, -0.25) is 14.4 Å². The van der Waals surface area contributed by atoms with Gasteiger partial charge in [0.25, 0.3) is 0 Å². The molecule has 0 spiro atoms. The van der Waals surface area contributed by atoms with Gasteiger partial charge in [0, 0.05) is 52.1 Å². The number of nitrogens with zero attached hydrogens (tertiary/aromatic N) is 4. The van der Waals surface area contributed by atoms with Gasteiger partial charge in [0.2, 0.25) is 24.1 Å². The number of ether oxygens (including phenoxy) is 4. The first-order chi connectivity index (χ1) is 30.4. The summed E-state index contributed by atoms with van der Waals surface area (Å²) in [5.74, 6) is -1.81. The third-order valence-corrected chi connectivity index (χ3v) is 11.7. The molecule has 6 bridgehead atoms. The second kappa shape index (κ2) is 24.6. The molecular weight excluding hydrogens is 831 g/mol. The molecule has 2 amide bonds. The molecule has 4 heterocycles. The van der Waals surface area contributed by atoms with E-state index in [1.165, 1.54) is 30.8 Å². The number of aromatic nitrogens is 3. The Morgan fingerprint density at radius 2 is 1.67 bits per heavy atom. The molecule has 1 aliphatic rings. The maximum Gasteiger partial charge on any atom is 0.404 e. The van der Waals surface area contributed by atoms with Crippen molar-refractivity contribution in [2.24, 2.45) is 35.3 Å². The number of oxazole rings is 3. The fourth-order valence-electron chi connectivity index (χ4n) is 7.73. The fourth-order valence-corrected chi connectivity index (χ4v) is 7.73. The summed E-state index contributed by atoms with van der Waals surface area (Å²) < 4.78 is 40.2. The predicted octanol–water partition coefficient (Wildman–Crippen LogP) is 6.84. The Balaban J connectivity index is 1.58. The lowest BCUT2D eigenvalue weighted by Gasteiger charge is -2.33. The molecule has 0 aromatic carbocycles. The van der Waals surface area contributed by atoms with Crippen molar-refractivity contribution in [2.75, 3.05) is 21.3 Å². The number of esters is 1. The molecule has 0 saturated carbocycles. The average Bonchev–Trinajstić information content (AvgIpc) is 4.04.